The van der Waals surface area contributed by atoms with Crippen LogP contribution in [-0.4, -0.2) is 11.7 Å². The highest BCUT2D eigenvalue weighted by atomic mass is 31.2. The zero-order chi connectivity index (χ0) is 21.2. The molecule has 0 heterocycles. The highest BCUT2D eigenvalue weighted by Crippen LogP contribution is 2.53. The SMILES string of the molecule is CCN(c1cc(C(C)(C)C)cc(C)c1O)P(=O)(c1ccccc1)c1ccccc1. The summed E-state index contributed by atoms with van der Waals surface area (Å²) in [5.74, 6) is 0.187. The van der Waals surface area contributed by atoms with Crippen molar-refractivity contribution in [2.75, 3.05) is 11.2 Å². The minimum atomic E-state index is -3.20. The van der Waals surface area contributed by atoms with Crippen LogP contribution in [-0.2, 0) is 9.98 Å². The highest BCUT2D eigenvalue weighted by molar-refractivity contribution is 7.80. The maximum Gasteiger partial charge on any atom is 0.229 e. The summed E-state index contributed by atoms with van der Waals surface area (Å²) in [5.41, 5.74) is 2.43. The number of phenols is 1. The van der Waals surface area contributed by atoms with Crippen LogP contribution in [0.4, 0.5) is 5.69 Å². The third-order valence-electron chi connectivity index (χ3n) is 5.28. The Morgan fingerprint density at radius 3 is 1.79 bits per heavy atom. The van der Waals surface area contributed by atoms with Crippen molar-refractivity contribution in [3.63, 3.8) is 0 Å². The minimum Gasteiger partial charge on any atom is -0.505 e. The molecule has 0 spiro atoms. The van der Waals surface area contributed by atoms with Crippen molar-refractivity contribution in [1.29, 1.82) is 0 Å². The molecule has 0 aliphatic carbocycles. The number of phenolic OH excluding ortho intramolecular Hbond substituents is 1. The van der Waals surface area contributed by atoms with Crippen LogP contribution in [0.15, 0.2) is 72.8 Å². The lowest BCUT2D eigenvalue weighted by atomic mass is 9.85. The molecule has 0 radical (unpaired) electrons. The van der Waals surface area contributed by atoms with Gasteiger partial charge in [0.05, 0.1) is 5.69 Å². The van der Waals surface area contributed by atoms with E-state index in [1.54, 1.807) is 0 Å². The lowest BCUT2D eigenvalue weighted by molar-refractivity contribution is 0.470. The van der Waals surface area contributed by atoms with Gasteiger partial charge >= 0.3 is 0 Å². The number of aryl methyl sites for hydroxylation is 1. The molecule has 152 valence electrons. The Balaban J connectivity index is 2.31. The van der Waals surface area contributed by atoms with Crippen LogP contribution in [0.1, 0.15) is 38.8 Å². The lowest BCUT2D eigenvalue weighted by Gasteiger charge is -2.35. The van der Waals surface area contributed by atoms with Gasteiger partial charge in [-0.2, -0.15) is 0 Å². The third kappa shape index (κ3) is 3.97. The van der Waals surface area contributed by atoms with Crippen LogP contribution in [0, 0.1) is 6.92 Å². The smallest absolute Gasteiger partial charge is 0.229 e. The molecule has 0 atom stereocenters. The van der Waals surface area contributed by atoms with Crippen LogP contribution in [0.5, 0.6) is 5.75 Å². The Morgan fingerprint density at radius 1 is 0.897 bits per heavy atom. The fourth-order valence-electron chi connectivity index (χ4n) is 3.60. The van der Waals surface area contributed by atoms with Gasteiger partial charge in [-0.1, -0.05) is 63.2 Å². The van der Waals surface area contributed by atoms with Crippen LogP contribution in [0.3, 0.4) is 0 Å². The molecule has 0 bridgehead atoms. The molecule has 3 nitrogen and oxygen atoms in total. The third-order valence-corrected chi connectivity index (χ3v) is 8.45. The predicted molar refractivity (Wildman–Crippen MR) is 124 cm³/mol. The van der Waals surface area contributed by atoms with Crippen LogP contribution < -0.4 is 15.3 Å². The van der Waals surface area contributed by atoms with Gasteiger partial charge < -0.3 is 9.78 Å². The molecule has 3 aromatic rings. The van der Waals surface area contributed by atoms with E-state index in [0.717, 1.165) is 21.7 Å². The first-order valence-electron chi connectivity index (χ1n) is 10.0. The normalized spacial score (nSPS) is 12.0. The Bertz CT molecular complexity index is 980. The summed E-state index contributed by atoms with van der Waals surface area (Å²) in [4.78, 5) is 0. The van der Waals surface area contributed by atoms with Crippen molar-refractivity contribution in [3.05, 3.63) is 83.9 Å². The summed E-state index contributed by atoms with van der Waals surface area (Å²) in [6.45, 7) is 10.8. The van der Waals surface area contributed by atoms with Gasteiger partial charge in [-0.05, 0) is 60.7 Å². The van der Waals surface area contributed by atoms with E-state index in [-0.39, 0.29) is 11.2 Å². The van der Waals surface area contributed by atoms with Gasteiger partial charge in [-0.25, -0.2) is 0 Å². The van der Waals surface area contributed by atoms with Crippen molar-refractivity contribution in [1.82, 2.24) is 0 Å². The number of hydrogen-bond donors (Lipinski definition) is 1. The van der Waals surface area contributed by atoms with E-state index in [0.29, 0.717) is 12.2 Å². The predicted octanol–water partition coefficient (Wildman–Crippen LogP) is 5.75. The molecule has 3 aromatic carbocycles. The summed E-state index contributed by atoms with van der Waals surface area (Å²) in [6.07, 6.45) is 0. The van der Waals surface area contributed by atoms with Gasteiger partial charge in [0.2, 0.25) is 7.29 Å². The first kappa shape index (κ1) is 21.2. The number of rotatable bonds is 5. The fraction of sp³-hybridized carbons (Fsp3) is 0.280. The van der Waals surface area contributed by atoms with Gasteiger partial charge in [-0.15, -0.1) is 0 Å². The molecule has 0 unspecified atom stereocenters. The average Bonchev–Trinajstić information content (AvgIpc) is 2.71. The summed E-state index contributed by atoms with van der Waals surface area (Å²) >= 11 is 0. The molecule has 4 heteroatoms. The topological polar surface area (TPSA) is 40.5 Å². The highest BCUT2D eigenvalue weighted by Gasteiger charge is 2.36. The molecular formula is C25H30NO2P. The van der Waals surface area contributed by atoms with Crippen molar-refractivity contribution in [2.45, 2.75) is 40.0 Å². The van der Waals surface area contributed by atoms with E-state index in [4.69, 9.17) is 0 Å². The fourth-order valence-corrected chi connectivity index (χ4v) is 6.46. The first-order valence-corrected chi connectivity index (χ1v) is 11.7. The van der Waals surface area contributed by atoms with E-state index in [1.807, 2.05) is 91.3 Å². The lowest BCUT2D eigenvalue weighted by Crippen LogP contribution is -2.32. The monoisotopic (exact) mass is 407 g/mol. The van der Waals surface area contributed by atoms with Gasteiger partial charge in [0.1, 0.15) is 5.75 Å². The number of anilines is 1. The maximum absolute atomic E-state index is 14.8. The van der Waals surface area contributed by atoms with E-state index in [1.165, 1.54) is 0 Å². The minimum absolute atomic E-state index is 0.0872. The molecular weight excluding hydrogens is 377 g/mol. The van der Waals surface area contributed by atoms with Gasteiger partial charge in [0, 0.05) is 17.2 Å². The number of aromatic hydroxyl groups is 1. The maximum atomic E-state index is 14.8. The zero-order valence-corrected chi connectivity index (χ0v) is 18.8. The number of nitrogens with zero attached hydrogens (tertiary/aromatic N) is 1. The first-order chi connectivity index (χ1) is 13.7. The quantitative estimate of drug-likeness (QED) is 0.547. The molecule has 0 amide bonds. The standard InChI is InChI=1S/C25H30NO2P/c1-6-26(23-18-20(25(3,4)5)17-19(2)24(23)27)29(28,21-13-9-7-10-14-21)22-15-11-8-12-16-22/h7-18,27H,6H2,1-5H3. The molecule has 0 fully saturated rings. The molecule has 29 heavy (non-hydrogen) atoms. The molecule has 0 aliphatic heterocycles. The Morgan fingerprint density at radius 2 is 1.38 bits per heavy atom. The van der Waals surface area contributed by atoms with Gasteiger partial charge in [0.15, 0.2) is 0 Å². The van der Waals surface area contributed by atoms with Gasteiger partial charge in [0.25, 0.3) is 0 Å². The van der Waals surface area contributed by atoms with Crippen molar-refractivity contribution in [2.24, 2.45) is 0 Å². The molecule has 0 saturated carbocycles. The average molecular weight is 407 g/mol. The summed E-state index contributed by atoms with van der Waals surface area (Å²) in [7, 11) is -3.20. The molecule has 0 aromatic heterocycles. The van der Waals surface area contributed by atoms with E-state index < -0.39 is 7.29 Å². The molecule has 0 saturated heterocycles. The van der Waals surface area contributed by atoms with Crippen molar-refractivity contribution >= 4 is 23.6 Å². The molecule has 0 aliphatic rings. The summed E-state index contributed by atoms with van der Waals surface area (Å²) < 4.78 is 16.7. The zero-order valence-electron chi connectivity index (χ0n) is 17.9. The van der Waals surface area contributed by atoms with Crippen molar-refractivity contribution in [3.8, 4) is 5.75 Å². The van der Waals surface area contributed by atoms with Crippen LogP contribution in [0.2, 0.25) is 0 Å². The second-order valence-electron chi connectivity index (χ2n) is 8.37. The largest absolute Gasteiger partial charge is 0.505 e. The van der Waals surface area contributed by atoms with Gasteiger partial charge in [-0.3, -0.25) is 4.57 Å². The van der Waals surface area contributed by atoms with Crippen LogP contribution in [0.25, 0.3) is 0 Å². The van der Waals surface area contributed by atoms with Crippen molar-refractivity contribution < 1.29 is 9.67 Å². The van der Waals surface area contributed by atoms with E-state index >= 15 is 0 Å². The Kier molecular flexibility index (Phi) is 5.91. The van der Waals surface area contributed by atoms with Crippen LogP contribution >= 0.6 is 7.29 Å². The summed E-state index contributed by atoms with van der Waals surface area (Å²) in [6, 6.07) is 23.2. The Labute approximate surface area is 174 Å². The second-order valence-corrected chi connectivity index (χ2v) is 11.0. The van der Waals surface area contributed by atoms with E-state index in [9.17, 15) is 9.67 Å². The number of hydrogen-bond acceptors (Lipinski definition) is 2. The molecule has 3 rings (SSSR count). The Hall–Kier alpha value is -2.51. The van der Waals surface area contributed by atoms with E-state index in [2.05, 4.69) is 20.8 Å². The number of benzene rings is 3. The summed E-state index contributed by atoms with van der Waals surface area (Å²) in [5, 5.41) is 12.5. The second kappa shape index (κ2) is 8.08. The molecule has 1 N–H and O–H groups in total.